The first kappa shape index (κ1) is 12.7. The number of fused-ring (bicyclic) bond motifs is 2. The highest BCUT2D eigenvalue weighted by Gasteiger charge is 2.32. The van der Waals surface area contributed by atoms with Crippen molar-refractivity contribution in [3.05, 3.63) is 48.5 Å². The maximum atomic E-state index is 6.09. The van der Waals surface area contributed by atoms with Crippen molar-refractivity contribution in [2.24, 2.45) is 5.73 Å². The van der Waals surface area contributed by atoms with Gasteiger partial charge < -0.3 is 20.1 Å². The van der Waals surface area contributed by atoms with Gasteiger partial charge in [-0.15, -0.1) is 0 Å². The SMILES string of the molecule is N[C@H]1COCC(N2c3ccccc3Oc3ccccc32)C1. The van der Waals surface area contributed by atoms with E-state index in [1.807, 2.05) is 36.4 Å². The lowest BCUT2D eigenvalue weighted by molar-refractivity contribution is 0.0675. The van der Waals surface area contributed by atoms with E-state index in [4.69, 9.17) is 15.2 Å². The van der Waals surface area contributed by atoms with Gasteiger partial charge >= 0.3 is 0 Å². The van der Waals surface area contributed by atoms with Gasteiger partial charge in [-0.25, -0.2) is 0 Å². The predicted octanol–water partition coefficient (Wildman–Crippen LogP) is 3.05. The fourth-order valence-corrected chi connectivity index (χ4v) is 3.15. The van der Waals surface area contributed by atoms with Crippen molar-refractivity contribution in [2.75, 3.05) is 18.1 Å². The number of nitrogens with two attached hydrogens (primary N) is 1. The number of hydrogen-bond acceptors (Lipinski definition) is 4. The maximum Gasteiger partial charge on any atom is 0.151 e. The van der Waals surface area contributed by atoms with E-state index in [2.05, 4.69) is 17.0 Å². The van der Waals surface area contributed by atoms with Crippen molar-refractivity contribution in [3.8, 4) is 11.5 Å². The largest absolute Gasteiger partial charge is 0.453 e. The van der Waals surface area contributed by atoms with Crippen molar-refractivity contribution >= 4 is 11.4 Å². The molecule has 0 bridgehead atoms. The maximum absolute atomic E-state index is 6.09. The minimum Gasteiger partial charge on any atom is -0.453 e. The van der Waals surface area contributed by atoms with E-state index in [-0.39, 0.29) is 12.1 Å². The quantitative estimate of drug-likeness (QED) is 0.873. The van der Waals surface area contributed by atoms with E-state index in [0.29, 0.717) is 13.2 Å². The molecule has 2 N–H and O–H groups in total. The summed E-state index contributed by atoms with van der Waals surface area (Å²) in [6.45, 7) is 1.33. The molecule has 2 atom stereocenters. The number of rotatable bonds is 1. The summed E-state index contributed by atoms with van der Waals surface area (Å²) in [6.07, 6.45) is 0.919. The number of para-hydroxylation sites is 4. The van der Waals surface area contributed by atoms with Crippen LogP contribution in [0.3, 0.4) is 0 Å². The Morgan fingerprint density at radius 2 is 1.52 bits per heavy atom. The summed E-state index contributed by atoms with van der Waals surface area (Å²) in [5, 5.41) is 0. The lowest BCUT2D eigenvalue weighted by Crippen LogP contribution is -2.47. The van der Waals surface area contributed by atoms with Gasteiger partial charge in [0.2, 0.25) is 0 Å². The van der Waals surface area contributed by atoms with Gasteiger partial charge in [0.05, 0.1) is 30.6 Å². The molecule has 1 unspecified atom stereocenters. The number of ether oxygens (including phenoxy) is 2. The van der Waals surface area contributed by atoms with Crippen molar-refractivity contribution in [1.82, 2.24) is 0 Å². The van der Waals surface area contributed by atoms with E-state index in [0.717, 1.165) is 29.3 Å². The average molecular weight is 282 g/mol. The van der Waals surface area contributed by atoms with Crippen LogP contribution in [0.2, 0.25) is 0 Å². The Hall–Kier alpha value is -2.04. The molecule has 1 fully saturated rings. The fourth-order valence-electron chi connectivity index (χ4n) is 3.15. The second kappa shape index (κ2) is 5.06. The third-order valence-electron chi connectivity index (χ3n) is 4.05. The summed E-state index contributed by atoms with van der Waals surface area (Å²) in [4.78, 5) is 2.31. The molecule has 2 aliphatic rings. The Kier molecular flexibility index (Phi) is 3.05. The molecule has 0 radical (unpaired) electrons. The van der Waals surface area contributed by atoms with E-state index in [9.17, 15) is 0 Å². The molecule has 1 saturated heterocycles. The Balaban J connectivity index is 1.81. The molecule has 2 aromatic rings. The van der Waals surface area contributed by atoms with Gasteiger partial charge in [0.15, 0.2) is 11.5 Å². The van der Waals surface area contributed by atoms with Crippen molar-refractivity contribution in [3.63, 3.8) is 0 Å². The Morgan fingerprint density at radius 1 is 0.905 bits per heavy atom. The fraction of sp³-hybridized carbons (Fsp3) is 0.294. The molecule has 2 aromatic carbocycles. The molecular weight excluding hydrogens is 264 g/mol. The number of benzene rings is 2. The molecule has 0 aliphatic carbocycles. The highest BCUT2D eigenvalue weighted by Crippen LogP contribution is 2.47. The van der Waals surface area contributed by atoms with E-state index in [1.54, 1.807) is 0 Å². The molecule has 2 heterocycles. The number of hydrogen-bond donors (Lipinski definition) is 1. The highest BCUT2D eigenvalue weighted by atomic mass is 16.5. The highest BCUT2D eigenvalue weighted by molar-refractivity contribution is 5.78. The average Bonchev–Trinajstić information content (AvgIpc) is 2.52. The molecule has 0 amide bonds. The number of nitrogens with zero attached hydrogens (tertiary/aromatic N) is 1. The summed E-state index contributed by atoms with van der Waals surface area (Å²) in [7, 11) is 0. The summed E-state index contributed by atoms with van der Waals surface area (Å²) in [5.41, 5.74) is 8.25. The molecule has 0 aromatic heterocycles. The van der Waals surface area contributed by atoms with Crippen LogP contribution in [0.4, 0.5) is 11.4 Å². The summed E-state index contributed by atoms with van der Waals surface area (Å²) in [5.74, 6) is 1.77. The molecule has 2 aliphatic heterocycles. The first-order valence-corrected chi connectivity index (χ1v) is 7.31. The van der Waals surface area contributed by atoms with E-state index >= 15 is 0 Å². The monoisotopic (exact) mass is 282 g/mol. The minimum absolute atomic E-state index is 0.0888. The van der Waals surface area contributed by atoms with Gasteiger partial charge in [-0.3, -0.25) is 0 Å². The van der Waals surface area contributed by atoms with Gasteiger partial charge in [0.1, 0.15) is 0 Å². The van der Waals surface area contributed by atoms with Crippen molar-refractivity contribution < 1.29 is 9.47 Å². The van der Waals surface area contributed by atoms with Crippen LogP contribution < -0.4 is 15.4 Å². The van der Waals surface area contributed by atoms with Crippen molar-refractivity contribution in [2.45, 2.75) is 18.5 Å². The van der Waals surface area contributed by atoms with Crippen LogP contribution in [-0.2, 0) is 4.74 Å². The Bertz CT molecular complexity index is 613. The van der Waals surface area contributed by atoms with Crippen LogP contribution in [0.25, 0.3) is 0 Å². The summed E-state index contributed by atoms with van der Waals surface area (Å²) in [6, 6.07) is 16.6. The molecule has 0 saturated carbocycles. The second-order valence-corrected chi connectivity index (χ2v) is 5.59. The summed E-state index contributed by atoms with van der Waals surface area (Å²) >= 11 is 0. The van der Waals surface area contributed by atoms with Gasteiger partial charge in [0.25, 0.3) is 0 Å². The zero-order valence-corrected chi connectivity index (χ0v) is 11.7. The Labute approximate surface area is 124 Å². The first-order valence-electron chi connectivity index (χ1n) is 7.31. The third kappa shape index (κ3) is 2.17. The minimum atomic E-state index is 0.0888. The van der Waals surface area contributed by atoms with Gasteiger partial charge in [0, 0.05) is 6.04 Å². The lowest BCUT2D eigenvalue weighted by Gasteiger charge is -2.41. The van der Waals surface area contributed by atoms with Crippen molar-refractivity contribution in [1.29, 1.82) is 0 Å². The molecule has 108 valence electrons. The van der Waals surface area contributed by atoms with Crippen LogP contribution in [0, 0.1) is 0 Å². The van der Waals surface area contributed by atoms with Crippen LogP contribution >= 0.6 is 0 Å². The normalized spacial score (nSPS) is 24.0. The van der Waals surface area contributed by atoms with Crippen LogP contribution in [0.5, 0.6) is 11.5 Å². The molecular formula is C17H18N2O2. The van der Waals surface area contributed by atoms with E-state index in [1.165, 1.54) is 0 Å². The smallest absolute Gasteiger partial charge is 0.151 e. The van der Waals surface area contributed by atoms with Crippen LogP contribution in [0.1, 0.15) is 6.42 Å². The van der Waals surface area contributed by atoms with Gasteiger partial charge in [-0.05, 0) is 30.7 Å². The zero-order valence-electron chi connectivity index (χ0n) is 11.7. The van der Waals surface area contributed by atoms with Gasteiger partial charge in [-0.1, -0.05) is 24.3 Å². The molecule has 0 spiro atoms. The molecule has 4 rings (SSSR count). The van der Waals surface area contributed by atoms with Crippen LogP contribution in [0.15, 0.2) is 48.5 Å². The first-order chi connectivity index (χ1) is 10.3. The summed E-state index contributed by atoms with van der Waals surface area (Å²) < 4.78 is 11.7. The van der Waals surface area contributed by atoms with Crippen LogP contribution in [-0.4, -0.2) is 25.3 Å². The topological polar surface area (TPSA) is 47.7 Å². The number of anilines is 2. The molecule has 4 heteroatoms. The third-order valence-corrected chi connectivity index (χ3v) is 4.05. The van der Waals surface area contributed by atoms with Gasteiger partial charge in [-0.2, -0.15) is 0 Å². The molecule has 4 nitrogen and oxygen atoms in total. The second-order valence-electron chi connectivity index (χ2n) is 5.59. The Morgan fingerprint density at radius 3 is 2.14 bits per heavy atom. The lowest BCUT2D eigenvalue weighted by atomic mass is 10.0. The predicted molar refractivity (Wildman–Crippen MR) is 82.3 cm³/mol. The van der Waals surface area contributed by atoms with E-state index < -0.39 is 0 Å². The zero-order chi connectivity index (χ0) is 14.2. The standard InChI is InChI=1S/C17H18N2O2/c18-12-9-13(11-20-10-12)19-14-5-1-3-7-16(14)21-17-8-4-2-6-15(17)19/h1-8,12-13H,9-11,18H2/t12-,13?/m1/s1. The molecule has 21 heavy (non-hydrogen) atoms.